The van der Waals surface area contributed by atoms with Crippen molar-refractivity contribution < 1.29 is 14.5 Å². The number of carbonyl (C=O) groups is 2. The minimum atomic E-state index is -0.579. The predicted octanol–water partition coefficient (Wildman–Crippen LogP) is 1.05. The molecular weight excluding hydrogens is 262 g/mol. The summed E-state index contributed by atoms with van der Waals surface area (Å²) in [5.41, 5.74) is 0.160. The fourth-order valence-corrected chi connectivity index (χ4v) is 2.28. The first-order valence-electron chi connectivity index (χ1n) is 6.25. The summed E-state index contributed by atoms with van der Waals surface area (Å²) < 4.78 is 0. The number of benzene rings is 1. The van der Waals surface area contributed by atoms with Gasteiger partial charge in [0.15, 0.2) is 0 Å². The summed E-state index contributed by atoms with van der Waals surface area (Å²) in [7, 11) is 1.79. The minimum absolute atomic E-state index is 0.109. The number of imide groups is 1. The van der Waals surface area contributed by atoms with Gasteiger partial charge < -0.3 is 5.32 Å². The largest absolute Gasteiger partial charge is 0.319 e. The van der Waals surface area contributed by atoms with Crippen LogP contribution in [0.1, 0.15) is 27.6 Å². The Kier molecular flexibility index (Phi) is 3.80. The second-order valence-electron chi connectivity index (χ2n) is 4.87. The number of non-ortho nitro benzene ring substituents is 1. The number of carbonyl (C=O) groups excluding carboxylic acids is 2. The summed E-state index contributed by atoms with van der Waals surface area (Å²) in [6.45, 7) is 2.89. The molecule has 0 saturated carbocycles. The molecule has 1 aliphatic heterocycles. The number of amides is 2. The topological polar surface area (TPSA) is 92.6 Å². The number of hydrogen-bond acceptors (Lipinski definition) is 5. The molecule has 0 spiro atoms. The summed E-state index contributed by atoms with van der Waals surface area (Å²) in [4.78, 5) is 35.6. The van der Waals surface area contributed by atoms with Crippen molar-refractivity contribution in [3.8, 4) is 0 Å². The molecule has 106 valence electrons. The molecule has 0 bridgehead atoms. The summed E-state index contributed by atoms with van der Waals surface area (Å²) in [5, 5.41) is 13.7. The number of nitro groups is 1. The molecule has 2 amide bonds. The SMILES string of the molecule is CNCC(C)CN1C(=O)c2ccc([N+](=O)[O-])cc2C1=O. The molecule has 0 aliphatic carbocycles. The van der Waals surface area contributed by atoms with Crippen molar-refractivity contribution >= 4 is 17.5 Å². The van der Waals surface area contributed by atoms with Crippen LogP contribution in [0.25, 0.3) is 0 Å². The van der Waals surface area contributed by atoms with Gasteiger partial charge in [-0.15, -0.1) is 0 Å². The standard InChI is InChI=1S/C13H15N3O4/c1-8(6-14-2)7-15-12(17)10-4-3-9(16(19)20)5-11(10)13(15)18/h3-5,8,14H,6-7H2,1-2H3. The van der Waals surface area contributed by atoms with Crippen LogP contribution in [-0.2, 0) is 0 Å². The second kappa shape index (κ2) is 5.38. The first-order valence-corrected chi connectivity index (χ1v) is 6.25. The number of nitrogens with one attached hydrogen (secondary N) is 1. The molecule has 1 atom stereocenters. The van der Waals surface area contributed by atoms with E-state index in [2.05, 4.69) is 5.32 Å². The van der Waals surface area contributed by atoms with E-state index in [1.165, 1.54) is 12.1 Å². The van der Waals surface area contributed by atoms with E-state index in [1.807, 2.05) is 6.92 Å². The van der Waals surface area contributed by atoms with E-state index in [-0.39, 0.29) is 28.6 Å². The van der Waals surface area contributed by atoms with Gasteiger partial charge in [0.2, 0.25) is 0 Å². The van der Waals surface area contributed by atoms with Crippen LogP contribution in [0.5, 0.6) is 0 Å². The van der Waals surface area contributed by atoms with E-state index in [4.69, 9.17) is 0 Å². The fraction of sp³-hybridized carbons (Fsp3) is 0.385. The van der Waals surface area contributed by atoms with Crippen LogP contribution in [0.4, 0.5) is 5.69 Å². The van der Waals surface area contributed by atoms with Crippen LogP contribution in [0.2, 0.25) is 0 Å². The third-order valence-corrected chi connectivity index (χ3v) is 3.21. The molecule has 0 fully saturated rings. The zero-order chi connectivity index (χ0) is 14.9. The molecule has 1 aromatic rings. The van der Waals surface area contributed by atoms with Crippen molar-refractivity contribution in [3.63, 3.8) is 0 Å². The van der Waals surface area contributed by atoms with E-state index in [1.54, 1.807) is 7.05 Å². The van der Waals surface area contributed by atoms with Gasteiger partial charge in [-0.3, -0.25) is 24.6 Å². The van der Waals surface area contributed by atoms with Crippen molar-refractivity contribution in [1.29, 1.82) is 0 Å². The molecule has 7 heteroatoms. The molecule has 0 saturated heterocycles. The van der Waals surface area contributed by atoms with Crippen LogP contribution in [0, 0.1) is 16.0 Å². The lowest BCUT2D eigenvalue weighted by molar-refractivity contribution is -0.384. The lowest BCUT2D eigenvalue weighted by Crippen LogP contribution is -2.36. The maximum Gasteiger partial charge on any atom is 0.270 e. The van der Waals surface area contributed by atoms with Crippen LogP contribution in [-0.4, -0.2) is 41.8 Å². The highest BCUT2D eigenvalue weighted by atomic mass is 16.6. The van der Waals surface area contributed by atoms with E-state index >= 15 is 0 Å². The number of fused-ring (bicyclic) bond motifs is 1. The highest BCUT2D eigenvalue weighted by Crippen LogP contribution is 2.27. The second-order valence-corrected chi connectivity index (χ2v) is 4.87. The average molecular weight is 277 g/mol. The summed E-state index contributed by atoms with van der Waals surface area (Å²) >= 11 is 0. The molecule has 2 rings (SSSR count). The molecule has 1 unspecified atom stereocenters. The van der Waals surface area contributed by atoms with Crippen LogP contribution < -0.4 is 5.32 Å². The Balaban J connectivity index is 2.28. The zero-order valence-electron chi connectivity index (χ0n) is 11.3. The molecule has 1 aromatic carbocycles. The Hall–Kier alpha value is -2.28. The molecule has 0 aromatic heterocycles. The highest BCUT2D eigenvalue weighted by Gasteiger charge is 2.37. The number of nitro benzene ring substituents is 1. The smallest absolute Gasteiger partial charge is 0.270 e. The Morgan fingerprint density at radius 1 is 1.30 bits per heavy atom. The summed E-state index contributed by atoms with van der Waals surface area (Å²) in [5.74, 6) is -0.739. The maximum atomic E-state index is 12.2. The summed E-state index contributed by atoms with van der Waals surface area (Å²) in [6.07, 6.45) is 0. The molecule has 1 N–H and O–H groups in total. The zero-order valence-corrected chi connectivity index (χ0v) is 11.3. The number of hydrogen-bond donors (Lipinski definition) is 1. The van der Waals surface area contributed by atoms with Gasteiger partial charge in [-0.25, -0.2) is 0 Å². The normalized spacial score (nSPS) is 15.4. The van der Waals surface area contributed by atoms with E-state index in [0.29, 0.717) is 13.1 Å². The van der Waals surface area contributed by atoms with Crippen molar-refractivity contribution in [3.05, 3.63) is 39.4 Å². The number of nitrogens with zero attached hydrogens (tertiary/aromatic N) is 2. The Labute approximate surface area is 115 Å². The third-order valence-electron chi connectivity index (χ3n) is 3.21. The van der Waals surface area contributed by atoms with Gasteiger partial charge in [0, 0.05) is 18.7 Å². The van der Waals surface area contributed by atoms with Crippen LogP contribution in [0.15, 0.2) is 18.2 Å². The van der Waals surface area contributed by atoms with Gasteiger partial charge in [-0.05, 0) is 25.6 Å². The fourth-order valence-electron chi connectivity index (χ4n) is 2.28. The first-order chi connectivity index (χ1) is 9.45. The van der Waals surface area contributed by atoms with Crippen LogP contribution >= 0.6 is 0 Å². The molecule has 0 radical (unpaired) electrons. The van der Waals surface area contributed by atoms with Crippen molar-refractivity contribution in [2.24, 2.45) is 5.92 Å². The Morgan fingerprint density at radius 2 is 1.95 bits per heavy atom. The Bertz CT molecular complexity index is 585. The van der Waals surface area contributed by atoms with Gasteiger partial charge in [0.1, 0.15) is 0 Å². The minimum Gasteiger partial charge on any atom is -0.319 e. The highest BCUT2D eigenvalue weighted by molar-refractivity contribution is 6.21. The molecular formula is C13H15N3O4. The molecule has 1 heterocycles. The lowest BCUT2D eigenvalue weighted by Gasteiger charge is -2.18. The molecule has 1 aliphatic rings. The van der Waals surface area contributed by atoms with E-state index < -0.39 is 10.8 Å². The first kappa shape index (κ1) is 14.1. The lowest BCUT2D eigenvalue weighted by atomic mass is 10.1. The molecule has 20 heavy (non-hydrogen) atoms. The average Bonchev–Trinajstić information content (AvgIpc) is 2.64. The van der Waals surface area contributed by atoms with Gasteiger partial charge in [-0.1, -0.05) is 6.92 Å². The van der Waals surface area contributed by atoms with Crippen molar-refractivity contribution in [2.75, 3.05) is 20.1 Å². The van der Waals surface area contributed by atoms with Crippen molar-refractivity contribution in [1.82, 2.24) is 10.2 Å². The molecule has 7 nitrogen and oxygen atoms in total. The third kappa shape index (κ3) is 2.39. The summed E-state index contributed by atoms with van der Waals surface area (Å²) in [6, 6.07) is 3.75. The maximum absolute atomic E-state index is 12.2. The van der Waals surface area contributed by atoms with Gasteiger partial charge in [0.05, 0.1) is 16.1 Å². The van der Waals surface area contributed by atoms with Gasteiger partial charge >= 0.3 is 0 Å². The van der Waals surface area contributed by atoms with E-state index in [0.717, 1.165) is 11.0 Å². The Morgan fingerprint density at radius 3 is 2.55 bits per heavy atom. The number of rotatable bonds is 5. The van der Waals surface area contributed by atoms with Gasteiger partial charge in [0.25, 0.3) is 17.5 Å². The van der Waals surface area contributed by atoms with E-state index in [9.17, 15) is 19.7 Å². The quantitative estimate of drug-likeness (QED) is 0.493. The van der Waals surface area contributed by atoms with Crippen molar-refractivity contribution in [2.45, 2.75) is 6.92 Å². The van der Waals surface area contributed by atoms with Gasteiger partial charge in [-0.2, -0.15) is 0 Å². The predicted molar refractivity (Wildman–Crippen MR) is 71.6 cm³/mol. The monoisotopic (exact) mass is 277 g/mol. The van der Waals surface area contributed by atoms with Crippen LogP contribution in [0.3, 0.4) is 0 Å².